The van der Waals surface area contributed by atoms with E-state index < -0.39 is 11.7 Å². The summed E-state index contributed by atoms with van der Waals surface area (Å²) >= 11 is 0. The third-order valence-electron chi connectivity index (χ3n) is 3.28. The normalized spacial score (nSPS) is 11.1. The molecule has 2 rings (SSSR count). The zero-order valence-corrected chi connectivity index (χ0v) is 12.4. The molecule has 0 atom stereocenters. The van der Waals surface area contributed by atoms with Crippen LogP contribution in [0.3, 0.4) is 0 Å². The monoisotopic (exact) mass is 322 g/mol. The molecule has 0 fully saturated rings. The third kappa shape index (κ3) is 5.65. The Bertz CT molecular complexity index is 625. The van der Waals surface area contributed by atoms with Crippen LogP contribution in [0.25, 0.3) is 0 Å². The smallest absolute Gasteiger partial charge is 0.338 e. The van der Waals surface area contributed by atoms with Gasteiger partial charge in [0, 0.05) is 13.1 Å². The zero-order chi connectivity index (χ0) is 16.7. The number of carbonyl (C=O) groups excluding carboxylic acids is 1. The summed E-state index contributed by atoms with van der Waals surface area (Å²) in [6, 6.07) is 14.1. The number of carbonyl (C=O) groups is 1. The van der Waals surface area contributed by atoms with Crippen molar-refractivity contribution in [3.05, 3.63) is 71.3 Å². The Hall–Kier alpha value is -2.50. The summed E-state index contributed by atoms with van der Waals surface area (Å²) in [5.41, 5.74) is 1.06. The second-order valence-corrected chi connectivity index (χ2v) is 5.04. The Balaban J connectivity index is 1.71. The minimum absolute atomic E-state index is 0.305. The number of rotatable bonds is 5. The minimum Gasteiger partial charge on any atom is -0.338 e. The van der Waals surface area contributed by atoms with Crippen molar-refractivity contribution in [2.45, 2.75) is 19.1 Å². The van der Waals surface area contributed by atoms with Crippen molar-refractivity contribution < 1.29 is 18.0 Å². The number of amides is 2. The van der Waals surface area contributed by atoms with Crippen LogP contribution in [0.5, 0.6) is 0 Å². The first-order chi connectivity index (χ1) is 10.9. The fourth-order valence-electron chi connectivity index (χ4n) is 2.02. The highest BCUT2D eigenvalue weighted by atomic mass is 19.4. The Morgan fingerprint density at radius 1 is 0.870 bits per heavy atom. The number of alkyl halides is 3. The number of benzene rings is 2. The molecule has 0 spiro atoms. The van der Waals surface area contributed by atoms with Crippen LogP contribution in [0, 0.1) is 0 Å². The van der Waals surface area contributed by atoms with Crippen molar-refractivity contribution >= 4 is 6.03 Å². The molecule has 2 aromatic carbocycles. The van der Waals surface area contributed by atoms with Gasteiger partial charge >= 0.3 is 12.2 Å². The number of nitrogens with one attached hydrogen (secondary N) is 2. The van der Waals surface area contributed by atoms with Crippen molar-refractivity contribution in [2.24, 2.45) is 0 Å². The molecule has 0 radical (unpaired) electrons. The van der Waals surface area contributed by atoms with Crippen molar-refractivity contribution in [1.29, 1.82) is 0 Å². The Kier molecular flexibility index (Phi) is 5.62. The first-order valence-electron chi connectivity index (χ1n) is 7.17. The molecule has 2 aromatic rings. The molecule has 122 valence electrons. The largest absolute Gasteiger partial charge is 0.416 e. The molecule has 0 saturated heterocycles. The van der Waals surface area contributed by atoms with Gasteiger partial charge in [0.2, 0.25) is 0 Å². The van der Waals surface area contributed by atoms with Crippen LogP contribution in [0.2, 0.25) is 0 Å². The first kappa shape index (κ1) is 16.9. The maximum atomic E-state index is 12.4. The van der Waals surface area contributed by atoms with E-state index in [0.29, 0.717) is 19.5 Å². The molecule has 6 heteroatoms. The quantitative estimate of drug-likeness (QED) is 0.865. The minimum atomic E-state index is -4.33. The molecule has 3 nitrogen and oxygen atoms in total. The fraction of sp³-hybridized carbons (Fsp3) is 0.235. The summed E-state index contributed by atoms with van der Waals surface area (Å²) in [6.07, 6.45) is -3.86. The van der Waals surface area contributed by atoms with E-state index in [0.717, 1.165) is 23.3 Å². The molecular weight excluding hydrogens is 305 g/mol. The van der Waals surface area contributed by atoms with E-state index in [9.17, 15) is 18.0 Å². The highest BCUT2D eigenvalue weighted by Gasteiger charge is 2.29. The molecule has 0 aliphatic rings. The summed E-state index contributed by atoms with van der Waals surface area (Å²) < 4.78 is 37.3. The summed E-state index contributed by atoms with van der Waals surface area (Å²) in [4.78, 5) is 11.6. The maximum absolute atomic E-state index is 12.4. The average Bonchev–Trinajstić information content (AvgIpc) is 2.53. The Morgan fingerprint density at radius 2 is 1.52 bits per heavy atom. The molecule has 2 N–H and O–H groups in total. The highest BCUT2D eigenvalue weighted by Crippen LogP contribution is 2.29. The Labute approximate surface area is 132 Å². The number of hydrogen-bond acceptors (Lipinski definition) is 1. The maximum Gasteiger partial charge on any atom is 0.416 e. The van der Waals surface area contributed by atoms with Crippen LogP contribution in [-0.2, 0) is 19.1 Å². The molecular formula is C17H17F3N2O. The van der Waals surface area contributed by atoms with Gasteiger partial charge in [-0.2, -0.15) is 13.2 Å². The van der Waals surface area contributed by atoms with Gasteiger partial charge in [0.25, 0.3) is 0 Å². The molecule has 0 saturated carbocycles. The van der Waals surface area contributed by atoms with Crippen LogP contribution in [0.1, 0.15) is 16.7 Å². The summed E-state index contributed by atoms with van der Waals surface area (Å²) in [7, 11) is 0. The van der Waals surface area contributed by atoms with Crippen LogP contribution in [0.4, 0.5) is 18.0 Å². The van der Waals surface area contributed by atoms with Gasteiger partial charge in [0.05, 0.1) is 5.56 Å². The summed E-state index contributed by atoms with van der Waals surface area (Å²) in [6.45, 7) is 0.777. The van der Waals surface area contributed by atoms with Crippen molar-refractivity contribution in [3.8, 4) is 0 Å². The second kappa shape index (κ2) is 7.67. The summed E-state index contributed by atoms with van der Waals surface area (Å²) in [5.74, 6) is 0. The number of urea groups is 1. The van der Waals surface area contributed by atoms with Crippen LogP contribution >= 0.6 is 0 Å². The third-order valence-corrected chi connectivity index (χ3v) is 3.28. The molecule has 2 amide bonds. The SMILES string of the molecule is O=C(NCCc1ccc(C(F)(F)F)cc1)NCc1ccccc1. The zero-order valence-electron chi connectivity index (χ0n) is 12.4. The van der Waals surface area contributed by atoms with E-state index in [2.05, 4.69) is 10.6 Å². The standard InChI is InChI=1S/C17H17F3N2O/c18-17(19,20)15-8-6-13(7-9-15)10-11-21-16(23)22-12-14-4-2-1-3-5-14/h1-9H,10-12H2,(H2,21,22,23). The van der Waals surface area contributed by atoms with Crippen molar-refractivity contribution in [3.63, 3.8) is 0 Å². The van der Waals surface area contributed by atoms with Gasteiger partial charge in [-0.3, -0.25) is 0 Å². The van der Waals surface area contributed by atoms with E-state index in [-0.39, 0.29) is 6.03 Å². The van der Waals surface area contributed by atoms with Crippen LogP contribution in [-0.4, -0.2) is 12.6 Å². The number of halogens is 3. The summed E-state index contributed by atoms with van der Waals surface area (Å²) in [5, 5.41) is 5.39. The second-order valence-electron chi connectivity index (χ2n) is 5.04. The van der Waals surface area contributed by atoms with Gasteiger partial charge in [0.1, 0.15) is 0 Å². The molecule has 23 heavy (non-hydrogen) atoms. The van der Waals surface area contributed by atoms with Crippen LogP contribution < -0.4 is 10.6 Å². The lowest BCUT2D eigenvalue weighted by atomic mass is 10.1. The molecule has 0 aliphatic heterocycles. The average molecular weight is 322 g/mol. The van der Waals surface area contributed by atoms with E-state index in [1.54, 1.807) is 0 Å². The van der Waals surface area contributed by atoms with Gasteiger partial charge in [-0.15, -0.1) is 0 Å². The first-order valence-corrected chi connectivity index (χ1v) is 7.17. The number of hydrogen-bond donors (Lipinski definition) is 2. The lowest BCUT2D eigenvalue weighted by Gasteiger charge is -2.09. The fourth-order valence-corrected chi connectivity index (χ4v) is 2.02. The highest BCUT2D eigenvalue weighted by molar-refractivity contribution is 5.73. The van der Waals surface area contributed by atoms with Crippen LogP contribution in [0.15, 0.2) is 54.6 Å². The molecule has 0 aliphatic carbocycles. The molecule has 0 heterocycles. The van der Waals surface area contributed by atoms with Crippen molar-refractivity contribution in [2.75, 3.05) is 6.54 Å². The Morgan fingerprint density at radius 3 is 2.13 bits per heavy atom. The van der Waals surface area contributed by atoms with E-state index in [1.807, 2.05) is 30.3 Å². The lowest BCUT2D eigenvalue weighted by molar-refractivity contribution is -0.137. The predicted molar refractivity (Wildman–Crippen MR) is 81.8 cm³/mol. The van der Waals surface area contributed by atoms with Gasteiger partial charge < -0.3 is 10.6 Å². The van der Waals surface area contributed by atoms with E-state index in [4.69, 9.17) is 0 Å². The van der Waals surface area contributed by atoms with Gasteiger partial charge in [-0.1, -0.05) is 42.5 Å². The topological polar surface area (TPSA) is 41.1 Å². The van der Waals surface area contributed by atoms with Gasteiger partial charge in [-0.25, -0.2) is 4.79 Å². The van der Waals surface area contributed by atoms with E-state index in [1.165, 1.54) is 12.1 Å². The van der Waals surface area contributed by atoms with Gasteiger partial charge in [0.15, 0.2) is 0 Å². The lowest BCUT2D eigenvalue weighted by Crippen LogP contribution is -2.36. The van der Waals surface area contributed by atoms with Gasteiger partial charge in [-0.05, 0) is 29.7 Å². The van der Waals surface area contributed by atoms with Crippen molar-refractivity contribution in [1.82, 2.24) is 10.6 Å². The predicted octanol–water partition coefficient (Wildman–Crippen LogP) is 3.75. The molecule has 0 aromatic heterocycles. The molecule has 0 bridgehead atoms. The van der Waals surface area contributed by atoms with E-state index >= 15 is 0 Å². The molecule has 0 unspecified atom stereocenters.